The predicted octanol–water partition coefficient (Wildman–Crippen LogP) is 5.24. The van der Waals surface area contributed by atoms with Crippen molar-refractivity contribution >= 4 is 40.7 Å². The Kier molecular flexibility index (Phi) is 6.89. The van der Waals surface area contributed by atoms with Crippen molar-refractivity contribution in [1.82, 2.24) is 0 Å². The van der Waals surface area contributed by atoms with Crippen LogP contribution in [0.3, 0.4) is 0 Å². The number of ether oxygens (including phenoxy) is 1. The van der Waals surface area contributed by atoms with Crippen LogP contribution < -0.4 is 4.90 Å². The maximum Gasteiger partial charge on any atom is 0.338 e. The highest BCUT2D eigenvalue weighted by Gasteiger charge is 2.47. The van der Waals surface area contributed by atoms with Gasteiger partial charge in [0.15, 0.2) is 0 Å². The Bertz CT molecular complexity index is 1310. The first-order valence-corrected chi connectivity index (χ1v) is 11.3. The number of nitrogens with zero attached hydrogens (tertiary/aromatic N) is 1. The number of aliphatic hydroxyl groups is 1. The summed E-state index contributed by atoms with van der Waals surface area (Å²) in [6, 6.07) is 17.5. The molecule has 1 unspecified atom stereocenters. The minimum atomic E-state index is -0.979. The molecule has 0 bridgehead atoms. The van der Waals surface area contributed by atoms with E-state index in [1.54, 1.807) is 42.5 Å². The summed E-state index contributed by atoms with van der Waals surface area (Å²) in [5.41, 5.74) is 1.32. The zero-order valence-corrected chi connectivity index (χ0v) is 19.5. The first-order valence-electron chi connectivity index (χ1n) is 10.9. The number of aromatic hydroxyl groups is 1. The summed E-state index contributed by atoms with van der Waals surface area (Å²) in [6.45, 7) is 2.18. The molecule has 1 fully saturated rings. The third kappa shape index (κ3) is 4.76. The summed E-state index contributed by atoms with van der Waals surface area (Å²) in [5.74, 6) is -2.56. The van der Waals surface area contributed by atoms with Gasteiger partial charge in [0.1, 0.15) is 11.5 Å². The molecule has 1 saturated heterocycles. The standard InChI is InChI=1S/C27H22ClNO6/c1-2-14-35-27(34)17-6-10-20(11-7-17)29-23(16-8-12-21(30)13-9-16)22(25(32)26(29)33)24(31)18-4-3-5-19(28)15-18/h3-13,15,23,30-31H,2,14H2,1H3/b24-22+. The van der Waals surface area contributed by atoms with Gasteiger partial charge in [0.2, 0.25) is 0 Å². The van der Waals surface area contributed by atoms with Gasteiger partial charge in [-0.15, -0.1) is 0 Å². The zero-order valence-electron chi connectivity index (χ0n) is 18.8. The van der Waals surface area contributed by atoms with Gasteiger partial charge in [-0.2, -0.15) is 0 Å². The fourth-order valence-corrected chi connectivity index (χ4v) is 4.09. The Labute approximate surface area is 206 Å². The van der Waals surface area contributed by atoms with Gasteiger partial charge in [-0.3, -0.25) is 14.5 Å². The number of carbonyl (C=O) groups is 3. The molecule has 7 nitrogen and oxygen atoms in total. The van der Waals surface area contributed by atoms with Crippen molar-refractivity contribution in [2.24, 2.45) is 0 Å². The number of hydrogen-bond donors (Lipinski definition) is 2. The van der Waals surface area contributed by atoms with Crippen molar-refractivity contribution < 1.29 is 29.3 Å². The molecular formula is C27H22ClNO6. The molecule has 1 aliphatic heterocycles. The van der Waals surface area contributed by atoms with Crippen molar-refractivity contribution in [3.05, 3.63) is 100 Å². The molecule has 0 spiro atoms. The number of phenols is 1. The summed E-state index contributed by atoms with van der Waals surface area (Å²) in [7, 11) is 0. The van der Waals surface area contributed by atoms with E-state index in [0.717, 1.165) is 0 Å². The van der Waals surface area contributed by atoms with Crippen LogP contribution in [0.2, 0.25) is 5.02 Å². The lowest BCUT2D eigenvalue weighted by atomic mass is 9.95. The van der Waals surface area contributed by atoms with Crippen molar-refractivity contribution in [1.29, 1.82) is 0 Å². The topological polar surface area (TPSA) is 104 Å². The van der Waals surface area contributed by atoms with Crippen molar-refractivity contribution in [2.45, 2.75) is 19.4 Å². The number of halogens is 1. The molecule has 3 aromatic rings. The highest BCUT2D eigenvalue weighted by atomic mass is 35.5. The first kappa shape index (κ1) is 24.0. The van der Waals surface area contributed by atoms with Crippen molar-refractivity contribution in [3.8, 4) is 5.75 Å². The van der Waals surface area contributed by atoms with Crippen LogP contribution >= 0.6 is 11.6 Å². The molecule has 178 valence electrons. The second kappa shape index (κ2) is 10.0. The summed E-state index contributed by atoms with van der Waals surface area (Å²) in [4.78, 5) is 39.8. The molecule has 1 atom stereocenters. The SMILES string of the molecule is CCCOC(=O)c1ccc(N2C(=O)C(=O)/C(=C(/O)c3cccc(Cl)c3)C2c2ccc(O)cc2)cc1. The maximum atomic E-state index is 13.2. The quantitative estimate of drug-likeness (QED) is 0.211. The Morgan fingerprint density at radius 3 is 2.31 bits per heavy atom. The average Bonchev–Trinajstić information content (AvgIpc) is 3.13. The number of amides is 1. The number of esters is 1. The summed E-state index contributed by atoms with van der Waals surface area (Å²) < 4.78 is 5.14. The number of anilines is 1. The van der Waals surface area contributed by atoms with E-state index in [2.05, 4.69) is 0 Å². The Balaban J connectivity index is 1.82. The number of hydrogen-bond acceptors (Lipinski definition) is 6. The zero-order chi connectivity index (χ0) is 25.1. The van der Waals surface area contributed by atoms with E-state index >= 15 is 0 Å². The van der Waals surface area contributed by atoms with Gasteiger partial charge in [-0.1, -0.05) is 42.8 Å². The van der Waals surface area contributed by atoms with Crippen LogP contribution in [0.15, 0.2) is 78.4 Å². The molecule has 8 heteroatoms. The van der Waals surface area contributed by atoms with Crippen LogP contribution in [0.5, 0.6) is 5.75 Å². The van der Waals surface area contributed by atoms with E-state index in [1.165, 1.54) is 35.2 Å². The second-order valence-corrected chi connectivity index (χ2v) is 8.39. The molecule has 0 radical (unpaired) electrons. The predicted molar refractivity (Wildman–Crippen MR) is 131 cm³/mol. The van der Waals surface area contributed by atoms with E-state index in [9.17, 15) is 24.6 Å². The summed E-state index contributed by atoms with van der Waals surface area (Å²) >= 11 is 6.07. The Morgan fingerprint density at radius 1 is 1.00 bits per heavy atom. The minimum Gasteiger partial charge on any atom is -0.508 e. The van der Waals surface area contributed by atoms with Gasteiger partial charge in [-0.25, -0.2) is 4.79 Å². The monoisotopic (exact) mass is 491 g/mol. The molecule has 1 heterocycles. The lowest BCUT2D eigenvalue weighted by Crippen LogP contribution is -2.29. The molecule has 0 aliphatic carbocycles. The number of aliphatic hydroxyl groups excluding tert-OH is 1. The van der Waals surface area contributed by atoms with E-state index < -0.39 is 23.7 Å². The maximum absolute atomic E-state index is 13.2. The van der Waals surface area contributed by atoms with Crippen molar-refractivity contribution in [3.63, 3.8) is 0 Å². The third-order valence-electron chi connectivity index (χ3n) is 5.57. The lowest BCUT2D eigenvalue weighted by molar-refractivity contribution is -0.132. The largest absolute Gasteiger partial charge is 0.508 e. The summed E-state index contributed by atoms with van der Waals surface area (Å²) in [6.07, 6.45) is 0.688. The first-order chi connectivity index (χ1) is 16.8. The fraction of sp³-hybridized carbons (Fsp3) is 0.148. The molecule has 35 heavy (non-hydrogen) atoms. The number of ketones is 1. The fourth-order valence-electron chi connectivity index (χ4n) is 3.90. The third-order valence-corrected chi connectivity index (χ3v) is 5.80. The van der Waals surface area contributed by atoms with Crippen LogP contribution in [0.4, 0.5) is 5.69 Å². The normalized spacial score (nSPS) is 17.0. The molecule has 2 N–H and O–H groups in total. The highest BCUT2D eigenvalue weighted by molar-refractivity contribution is 6.51. The highest BCUT2D eigenvalue weighted by Crippen LogP contribution is 2.42. The smallest absolute Gasteiger partial charge is 0.338 e. The number of rotatable bonds is 6. The van der Waals surface area contributed by atoms with E-state index in [0.29, 0.717) is 34.9 Å². The molecular weight excluding hydrogens is 470 g/mol. The average molecular weight is 492 g/mol. The van der Waals surface area contributed by atoms with E-state index in [4.69, 9.17) is 16.3 Å². The van der Waals surface area contributed by atoms with Crippen LogP contribution in [0, 0.1) is 0 Å². The number of benzene rings is 3. The Hall–Kier alpha value is -4.10. The van der Waals surface area contributed by atoms with Gasteiger partial charge in [0.05, 0.1) is 23.8 Å². The molecule has 4 rings (SSSR count). The van der Waals surface area contributed by atoms with Gasteiger partial charge < -0.3 is 14.9 Å². The number of carbonyl (C=O) groups excluding carboxylic acids is 3. The van der Waals surface area contributed by atoms with Crippen LogP contribution in [0.1, 0.15) is 40.9 Å². The minimum absolute atomic E-state index is 0.00971. The molecule has 0 aromatic heterocycles. The van der Waals surface area contributed by atoms with Crippen LogP contribution in [-0.2, 0) is 14.3 Å². The van der Waals surface area contributed by atoms with Gasteiger partial charge in [0.25, 0.3) is 11.7 Å². The summed E-state index contributed by atoms with van der Waals surface area (Å²) in [5, 5.41) is 21.2. The van der Waals surface area contributed by atoms with Gasteiger partial charge in [0, 0.05) is 16.3 Å². The lowest BCUT2D eigenvalue weighted by Gasteiger charge is -2.25. The molecule has 3 aromatic carbocycles. The van der Waals surface area contributed by atoms with Crippen LogP contribution in [-0.4, -0.2) is 34.5 Å². The second-order valence-electron chi connectivity index (χ2n) is 7.95. The van der Waals surface area contributed by atoms with Gasteiger partial charge >= 0.3 is 5.97 Å². The molecule has 1 aliphatic rings. The van der Waals surface area contributed by atoms with Crippen LogP contribution in [0.25, 0.3) is 5.76 Å². The number of Topliss-reactive ketones (excluding diaryl/α,β-unsaturated/α-hetero) is 1. The van der Waals surface area contributed by atoms with Crippen molar-refractivity contribution in [2.75, 3.05) is 11.5 Å². The Morgan fingerprint density at radius 2 is 1.69 bits per heavy atom. The van der Waals surface area contributed by atoms with Gasteiger partial charge in [-0.05, 0) is 60.5 Å². The number of phenolic OH excluding ortho intramolecular Hbond substituents is 1. The molecule has 1 amide bonds. The molecule has 0 saturated carbocycles. The van der Waals surface area contributed by atoms with E-state index in [1.807, 2.05) is 6.92 Å². The van der Waals surface area contributed by atoms with E-state index in [-0.39, 0.29) is 22.6 Å².